The molecule has 0 atom stereocenters. The highest BCUT2D eigenvalue weighted by atomic mass is 79.9. The quantitative estimate of drug-likeness (QED) is 0.692. The molecule has 0 unspecified atom stereocenters. The summed E-state index contributed by atoms with van der Waals surface area (Å²) in [6, 6.07) is 4.55. The molecule has 1 aromatic rings. The highest BCUT2D eigenvalue weighted by molar-refractivity contribution is 9.10. The highest BCUT2D eigenvalue weighted by Gasteiger charge is 2.32. The molecule has 1 nitrogen and oxygen atoms in total. The van der Waals surface area contributed by atoms with Gasteiger partial charge < -0.3 is 5.73 Å². The van der Waals surface area contributed by atoms with Crippen LogP contribution in [0.3, 0.4) is 0 Å². The molecule has 0 bridgehead atoms. The predicted octanol–water partition coefficient (Wildman–Crippen LogP) is 2.85. The molecule has 0 amide bonds. The van der Waals surface area contributed by atoms with Gasteiger partial charge in [-0.3, -0.25) is 0 Å². The van der Waals surface area contributed by atoms with Crippen LogP contribution in [0.4, 0.5) is 18.9 Å². The minimum absolute atomic E-state index is 0.309. The molecule has 12 heavy (non-hydrogen) atoms. The van der Waals surface area contributed by atoms with Gasteiger partial charge in [-0.05, 0) is 12.1 Å². The minimum Gasteiger partial charge on any atom is -0.398 e. The van der Waals surface area contributed by atoms with Crippen LogP contribution in [0.1, 0.15) is 5.56 Å². The molecule has 2 N–H and O–H groups in total. The van der Waals surface area contributed by atoms with Crippen LogP contribution in [0.15, 0.2) is 16.6 Å². The van der Waals surface area contributed by atoms with Crippen molar-refractivity contribution in [3.63, 3.8) is 0 Å². The first-order chi connectivity index (χ1) is 5.41. The summed E-state index contributed by atoms with van der Waals surface area (Å²) < 4.78 is 36.6. The average Bonchev–Trinajstić information content (AvgIpc) is 1.92. The van der Waals surface area contributed by atoms with Gasteiger partial charge in [-0.15, -0.1) is 0 Å². The SMILES string of the molecule is Nc1[c]cc(Br)cc1C(F)(F)F. The van der Waals surface area contributed by atoms with Crippen molar-refractivity contribution in [2.24, 2.45) is 0 Å². The maximum Gasteiger partial charge on any atom is 0.418 e. The summed E-state index contributed by atoms with van der Waals surface area (Å²) in [5.74, 6) is 0. The van der Waals surface area contributed by atoms with Crippen LogP contribution in [0.2, 0.25) is 0 Å². The molecule has 0 aliphatic carbocycles. The van der Waals surface area contributed by atoms with E-state index in [0.29, 0.717) is 4.47 Å². The number of rotatable bonds is 0. The third-order valence-electron chi connectivity index (χ3n) is 1.24. The van der Waals surface area contributed by atoms with Crippen LogP contribution in [-0.2, 0) is 6.18 Å². The van der Waals surface area contributed by atoms with Crippen LogP contribution in [0.5, 0.6) is 0 Å². The Morgan fingerprint density at radius 2 is 2.00 bits per heavy atom. The van der Waals surface area contributed by atoms with Crippen LogP contribution in [0, 0.1) is 6.07 Å². The van der Waals surface area contributed by atoms with Crippen LogP contribution in [0.25, 0.3) is 0 Å². The Labute approximate surface area is 75.5 Å². The molecule has 0 aliphatic rings. The zero-order valence-electron chi connectivity index (χ0n) is 5.74. The third kappa shape index (κ3) is 1.91. The fourth-order valence-corrected chi connectivity index (χ4v) is 1.06. The van der Waals surface area contributed by atoms with Gasteiger partial charge in [-0.2, -0.15) is 13.2 Å². The normalized spacial score (nSPS) is 11.7. The van der Waals surface area contributed by atoms with Gasteiger partial charge in [0.2, 0.25) is 0 Å². The molecule has 0 spiro atoms. The molecule has 0 aliphatic heterocycles. The first kappa shape index (κ1) is 9.38. The molecular weight excluding hydrogens is 235 g/mol. The molecule has 0 fully saturated rings. The minimum atomic E-state index is -4.41. The molecule has 0 saturated heterocycles. The number of anilines is 1. The molecule has 0 aromatic heterocycles. The van der Waals surface area contributed by atoms with Crippen molar-refractivity contribution in [3.8, 4) is 0 Å². The first-order valence-electron chi connectivity index (χ1n) is 2.95. The summed E-state index contributed by atoms with van der Waals surface area (Å²) in [4.78, 5) is 0. The van der Waals surface area contributed by atoms with Gasteiger partial charge in [-0.1, -0.05) is 15.9 Å². The Bertz CT molecular complexity index is 295. The number of hydrogen-bond acceptors (Lipinski definition) is 1. The molecule has 1 radical (unpaired) electrons. The van der Waals surface area contributed by atoms with Crippen molar-refractivity contribution >= 4 is 21.6 Å². The van der Waals surface area contributed by atoms with E-state index in [4.69, 9.17) is 5.73 Å². The molecule has 5 heteroatoms. The summed E-state index contributed by atoms with van der Waals surface area (Å²) >= 11 is 2.90. The molecule has 1 rings (SSSR count). The van der Waals surface area contributed by atoms with Crippen molar-refractivity contribution in [2.45, 2.75) is 6.18 Å². The second kappa shape index (κ2) is 2.97. The van der Waals surface area contributed by atoms with Crippen LogP contribution < -0.4 is 5.73 Å². The van der Waals surface area contributed by atoms with Crippen molar-refractivity contribution in [3.05, 3.63) is 28.2 Å². The Morgan fingerprint density at radius 3 is 2.42 bits per heavy atom. The van der Waals surface area contributed by atoms with Crippen molar-refractivity contribution in [1.82, 2.24) is 0 Å². The summed E-state index contributed by atoms with van der Waals surface area (Å²) in [5, 5.41) is 0. The van der Waals surface area contributed by atoms with E-state index in [2.05, 4.69) is 22.0 Å². The first-order valence-corrected chi connectivity index (χ1v) is 3.74. The van der Waals surface area contributed by atoms with E-state index < -0.39 is 11.7 Å². The zero-order chi connectivity index (χ0) is 9.35. The lowest BCUT2D eigenvalue weighted by atomic mass is 10.2. The Morgan fingerprint density at radius 1 is 1.42 bits per heavy atom. The Balaban J connectivity index is 3.23. The van der Waals surface area contributed by atoms with E-state index in [1.807, 2.05) is 0 Å². The fourth-order valence-electron chi connectivity index (χ4n) is 0.716. The second-order valence-electron chi connectivity index (χ2n) is 2.14. The molecule has 0 saturated carbocycles. The number of hydrogen-bond donors (Lipinski definition) is 1. The van der Waals surface area contributed by atoms with Gasteiger partial charge in [0.05, 0.1) is 11.3 Å². The number of benzene rings is 1. The predicted molar refractivity (Wildman–Crippen MR) is 42.4 cm³/mol. The van der Waals surface area contributed by atoms with E-state index in [-0.39, 0.29) is 5.69 Å². The average molecular weight is 239 g/mol. The largest absolute Gasteiger partial charge is 0.418 e. The zero-order valence-corrected chi connectivity index (χ0v) is 7.33. The van der Waals surface area contributed by atoms with E-state index in [1.165, 1.54) is 6.07 Å². The van der Waals surface area contributed by atoms with E-state index in [0.717, 1.165) is 6.07 Å². The van der Waals surface area contributed by atoms with Crippen LogP contribution >= 0.6 is 15.9 Å². The third-order valence-corrected chi connectivity index (χ3v) is 1.70. The molecule has 0 heterocycles. The summed E-state index contributed by atoms with van der Waals surface area (Å²) in [6.45, 7) is 0. The smallest absolute Gasteiger partial charge is 0.398 e. The fraction of sp³-hybridized carbons (Fsp3) is 0.143. The maximum absolute atomic E-state index is 12.1. The van der Waals surface area contributed by atoms with Crippen molar-refractivity contribution in [2.75, 3.05) is 5.73 Å². The highest BCUT2D eigenvalue weighted by Crippen LogP contribution is 2.34. The number of alkyl halides is 3. The lowest BCUT2D eigenvalue weighted by molar-refractivity contribution is -0.136. The lowest BCUT2D eigenvalue weighted by Crippen LogP contribution is -2.08. The van der Waals surface area contributed by atoms with Gasteiger partial charge in [-0.25, -0.2) is 0 Å². The van der Waals surface area contributed by atoms with Gasteiger partial charge in [0.15, 0.2) is 0 Å². The number of nitrogens with two attached hydrogens (primary N) is 1. The number of halogens is 4. The Hall–Kier alpha value is -0.710. The maximum atomic E-state index is 12.1. The number of nitrogen functional groups attached to an aromatic ring is 1. The summed E-state index contributed by atoms with van der Waals surface area (Å²) in [7, 11) is 0. The lowest BCUT2D eigenvalue weighted by Gasteiger charge is -2.08. The Kier molecular flexibility index (Phi) is 2.32. The summed E-state index contributed by atoms with van der Waals surface area (Å²) in [6.07, 6.45) is -4.41. The van der Waals surface area contributed by atoms with E-state index in [1.54, 1.807) is 0 Å². The van der Waals surface area contributed by atoms with Gasteiger partial charge >= 0.3 is 6.18 Å². The van der Waals surface area contributed by atoms with Gasteiger partial charge in [0, 0.05) is 10.5 Å². The van der Waals surface area contributed by atoms with Crippen molar-refractivity contribution < 1.29 is 13.2 Å². The van der Waals surface area contributed by atoms with Gasteiger partial charge in [0.1, 0.15) is 0 Å². The van der Waals surface area contributed by atoms with E-state index in [9.17, 15) is 13.2 Å². The van der Waals surface area contributed by atoms with Crippen molar-refractivity contribution in [1.29, 1.82) is 0 Å². The second-order valence-corrected chi connectivity index (χ2v) is 3.06. The van der Waals surface area contributed by atoms with Gasteiger partial charge in [0.25, 0.3) is 0 Å². The summed E-state index contributed by atoms with van der Waals surface area (Å²) in [5.41, 5.74) is 3.83. The standard InChI is InChI=1S/C7H4BrF3N/c8-4-1-2-6(12)5(3-4)7(9,10)11/h1,3H,12H2. The molecule has 65 valence electrons. The molecule has 1 aromatic carbocycles. The van der Waals surface area contributed by atoms with Crippen LogP contribution in [-0.4, -0.2) is 0 Å². The monoisotopic (exact) mass is 238 g/mol. The molecular formula is C7H4BrF3N. The topological polar surface area (TPSA) is 26.0 Å². The van der Waals surface area contributed by atoms with E-state index >= 15 is 0 Å².